The summed E-state index contributed by atoms with van der Waals surface area (Å²) in [5.41, 5.74) is 0.314. The molecule has 2 heteroatoms. The van der Waals surface area contributed by atoms with Crippen LogP contribution in [0.5, 0.6) is 0 Å². The highest BCUT2D eigenvalue weighted by molar-refractivity contribution is 6.32. The molecule has 42 valence electrons. The highest BCUT2D eigenvalue weighted by atomic mass is 35.5. The molecular formula is C6H6ClN. The lowest BCUT2D eigenvalue weighted by Gasteiger charge is -1.85. The van der Waals surface area contributed by atoms with Gasteiger partial charge in [-0.15, -0.1) is 0 Å². The van der Waals surface area contributed by atoms with Gasteiger partial charge < -0.3 is 0 Å². The summed E-state index contributed by atoms with van der Waals surface area (Å²) in [5.74, 6) is 0. The molecule has 0 saturated heterocycles. The van der Waals surface area contributed by atoms with Gasteiger partial charge in [0.25, 0.3) is 0 Å². The minimum Gasteiger partial charge on any atom is -0.192 e. The Morgan fingerprint density at radius 1 is 1.88 bits per heavy atom. The highest BCUT2D eigenvalue weighted by Crippen LogP contribution is 2.09. The molecule has 0 aromatic rings. The van der Waals surface area contributed by atoms with E-state index in [1.807, 2.05) is 6.07 Å². The minimum atomic E-state index is 0.314. The molecule has 0 N–H and O–H groups in total. The van der Waals surface area contributed by atoms with Gasteiger partial charge in [0.05, 0.1) is 10.6 Å². The van der Waals surface area contributed by atoms with Gasteiger partial charge >= 0.3 is 0 Å². The van der Waals surface area contributed by atoms with E-state index in [0.29, 0.717) is 10.6 Å². The summed E-state index contributed by atoms with van der Waals surface area (Å²) in [4.78, 5) is 0. The maximum atomic E-state index is 8.16. The van der Waals surface area contributed by atoms with Crippen molar-refractivity contribution >= 4 is 11.6 Å². The van der Waals surface area contributed by atoms with E-state index in [0.717, 1.165) is 0 Å². The molecule has 0 aromatic carbocycles. The third-order valence-corrected chi connectivity index (χ3v) is 1.12. The summed E-state index contributed by atoms with van der Waals surface area (Å²) in [6.45, 7) is 5.14. The topological polar surface area (TPSA) is 23.8 Å². The number of nitrogens with zero attached hydrogens (tertiary/aromatic N) is 1. The van der Waals surface area contributed by atoms with E-state index in [9.17, 15) is 0 Å². The van der Waals surface area contributed by atoms with Gasteiger partial charge in [0.1, 0.15) is 6.07 Å². The van der Waals surface area contributed by atoms with Crippen LogP contribution in [0.1, 0.15) is 6.92 Å². The van der Waals surface area contributed by atoms with Crippen LogP contribution in [0.3, 0.4) is 0 Å². The predicted octanol–water partition coefficient (Wildman–Crippen LogP) is 2.21. The quantitative estimate of drug-likeness (QED) is 0.391. The maximum Gasteiger partial charge on any atom is 0.100 e. The number of rotatable bonds is 1. The summed E-state index contributed by atoms with van der Waals surface area (Å²) in [6, 6.07) is 1.82. The Hall–Kier alpha value is -0.740. The van der Waals surface area contributed by atoms with Crippen molar-refractivity contribution < 1.29 is 0 Å². The van der Waals surface area contributed by atoms with Crippen molar-refractivity contribution in [2.24, 2.45) is 0 Å². The van der Waals surface area contributed by atoms with Crippen LogP contribution >= 0.6 is 11.6 Å². The molecule has 0 unspecified atom stereocenters. The van der Waals surface area contributed by atoms with Crippen LogP contribution < -0.4 is 0 Å². The van der Waals surface area contributed by atoms with Crippen LogP contribution in [0.25, 0.3) is 0 Å². The van der Waals surface area contributed by atoms with Crippen molar-refractivity contribution in [2.45, 2.75) is 6.92 Å². The standard InChI is InChI=1S/C6H6ClN/c1-3-6(7)5(2)4-8/h3H,2H2,1H3/b6-3+. The molecule has 0 heterocycles. The van der Waals surface area contributed by atoms with Gasteiger partial charge in [0.2, 0.25) is 0 Å². The van der Waals surface area contributed by atoms with Gasteiger partial charge in [-0.1, -0.05) is 24.3 Å². The molecule has 0 aliphatic rings. The molecule has 0 amide bonds. The zero-order valence-corrected chi connectivity index (χ0v) is 5.37. The van der Waals surface area contributed by atoms with E-state index in [1.165, 1.54) is 0 Å². The molecule has 0 aromatic heterocycles. The van der Waals surface area contributed by atoms with Gasteiger partial charge in [-0.2, -0.15) is 5.26 Å². The van der Waals surface area contributed by atoms with Crippen LogP contribution in [0.15, 0.2) is 23.3 Å². The maximum absolute atomic E-state index is 8.16. The second-order valence-corrected chi connectivity index (χ2v) is 1.63. The first-order valence-electron chi connectivity index (χ1n) is 2.13. The van der Waals surface area contributed by atoms with E-state index in [-0.39, 0.29) is 0 Å². The molecule has 0 saturated carbocycles. The van der Waals surface area contributed by atoms with Crippen LogP contribution in [0.4, 0.5) is 0 Å². The third-order valence-electron chi connectivity index (χ3n) is 0.677. The number of hydrogen-bond acceptors (Lipinski definition) is 1. The normalized spacial score (nSPS) is 10.4. The average Bonchev–Trinajstić information content (AvgIpc) is 1.84. The van der Waals surface area contributed by atoms with Crippen LogP contribution in [-0.4, -0.2) is 0 Å². The predicted molar refractivity (Wildman–Crippen MR) is 34.4 cm³/mol. The van der Waals surface area contributed by atoms with Crippen LogP contribution in [0, 0.1) is 11.3 Å². The molecule has 0 rings (SSSR count). The first-order valence-corrected chi connectivity index (χ1v) is 2.51. The summed E-state index contributed by atoms with van der Waals surface area (Å²) in [6.07, 6.45) is 1.63. The third kappa shape index (κ3) is 1.81. The van der Waals surface area contributed by atoms with Gasteiger partial charge in [0, 0.05) is 0 Å². The fourth-order valence-corrected chi connectivity index (χ4v) is 0.270. The summed E-state index contributed by atoms with van der Waals surface area (Å²) in [5, 5.41) is 8.59. The van der Waals surface area contributed by atoms with Crippen molar-refractivity contribution in [1.29, 1.82) is 5.26 Å². The lowest BCUT2D eigenvalue weighted by molar-refractivity contribution is 1.49. The monoisotopic (exact) mass is 127 g/mol. The molecule has 0 atom stereocenters. The molecule has 0 fully saturated rings. The van der Waals surface area contributed by atoms with Gasteiger partial charge in [-0.25, -0.2) is 0 Å². The lowest BCUT2D eigenvalue weighted by atomic mass is 10.3. The number of nitriles is 1. The lowest BCUT2D eigenvalue weighted by Crippen LogP contribution is -1.71. The van der Waals surface area contributed by atoms with Crippen molar-refractivity contribution in [2.75, 3.05) is 0 Å². The Kier molecular flexibility index (Phi) is 2.98. The average molecular weight is 128 g/mol. The van der Waals surface area contributed by atoms with Gasteiger partial charge in [-0.05, 0) is 6.92 Å². The van der Waals surface area contributed by atoms with Crippen LogP contribution in [-0.2, 0) is 0 Å². The minimum absolute atomic E-state index is 0.314. The van der Waals surface area contributed by atoms with E-state index in [2.05, 4.69) is 6.58 Å². The van der Waals surface area contributed by atoms with Crippen molar-refractivity contribution in [3.05, 3.63) is 23.3 Å². The molecular weight excluding hydrogens is 122 g/mol. The fraction of sp³-hybridized carbons (Fsp3) is 0.167. The van der Waals surface area contributed by atoms with E-state index >= 15 is 0 Å². The first kappa shape index (κ1) is 7.26. The number of hydrogen-bond donors (Lipinski definition) is 0. The van der Waals surface area contributed by atoms with E-state index in [4.69, 9.17) is 16.9 Å². The SMILES string of the molecule is C=C(C#N)/C(Cl)=C\C. The molecule has 0 bridgehead atoms. The molecule has 1 nitrogen and oxygen atoms in total. The first-order chi connectivity index (χ1) is 3.72. The van der Waals surface area contributed by atoms with Gasteiger partial charge in [0.15, 0.2) is 0 Å². The van der Waals surface area contributed by atoms with E-state index < -0.39 is 0 Å². The Balaban J connectivity index is 4.10. The molecule has 8 heavy (non-hydrogen) atoms. The number of halogens is 1. The molecule has 0 aliphatic heterocycles. The van der Waals surface area contributed by atoms with Crippen LogP contribution in [0.2, 0.25) is 0 Å². The molecule has 0 spiro atoms. The molecule has 0 radical (unpaired) electrons. The zero-order chi connectivity index (χ0) is 6.57. The zero-order valence-electron chi connectivity index (χ0n) is 4.61. The number of allylic oxidation sites excluding steroid dienone is 3. The Labute approximate surface area is 53.9 Å². The Morgan fingerprint density at radius 3 is 2.50 bits per heavy atom. The highest BCUT2D eigenvalue weighted by Gasteiger charge is 1.91. The van der Waals surface area contributed by atoms with Gasteiger partial charge in [-0.3, -0.25) is 0 Å². The molecule has 0 aliphatic carbocycles. The second kappa shape index (κ2) is 3.29. The fourth-order valence-electron chi connectivity index (χ4n) is 0.228. The van der Waals surface area contributed by atoms with Crippen molar-refractivity contribution in [3.63, 3.8) is 0 Å². The van der Waals surface area contributed by atoms with E-state index in [1.54, 1.807) is 13.0 Å². The largest absolute Gasteiger partial charge is 0.192 e. The van der Waals surface area contributed by atoms with Crippen molar-refractivity contribution in [1.82, 2.24) is 0 Å². The second-order valence-electron chi connectivity index (χ2n) is 1.23. The smallest absolute Gasteiger partial charge is 0.100 e. The summed E-state index contributed by atoms with van der Waals surface area (Å²) < 4.78 is 0. The Morgan fingerprint density at radius 2 is 2.38 bits per heavy atom. The summed E-state index contributed by atoms with van der Waals surface area (Å²) in [7, 11) is 0. The Bertz CT molecular complexity index is 162. The summed E-state index contributed by atoms with van der Waals surface area (Å²) >= 11 is 5.45. The van der Waals surface area contributed by atoms with Crippen molar-refractivity contribution in [3.8, 4) is 6.07 Å².